The lowest BCUT2D eigenvalue weighted by Gasteiger charge is -2.15. The van der Waals surface area contributed by atoms with Gasteiger partial charge in [-0.2, -0.15) is 0 Å². The van der Waals surface area contributed by atoms with Gasteiger partial charge in [0, 0.05) is 10.7 Å². The van der Waals surface area contributed by atoms with E-state index in [2.05, 4.69) is 5.32 Å². The fourth-order valence-electron chi connectivity index (χ4n) is 3.37. The molecule has 0 spiro atoms. The number of halogens is 2. The molecule has 0 aromatic heterocycles. The van der Waals surface area contributed by atoms with Crippen molar-refractivity contribution in [2.24, 2.45) is 0 Å². The highest BCUT2D eigenvalue weighted by Crippen LogP contribution is 2.30. The molecule has 1 aliphatic rings. The fraction of sp³-hybridized carbons (Fsp3) is 0.111. The molecular formula is C27H20Cl2N2O6. The third kappa shape index (κ3) is 5.82. The summed E-state index contributed by atoms with van der Waals surface area (Å²) >= 11 is 12.0. The van der Waals surface area contributed by atoms with Crippen LogP contribution in [0.3, 0.4) is 0 Å². The molecule has 188 valence electrons. The molecule has 0 aliphatic carbocycles. The van der Waals surface area contributed by atoms with Gasteiger partial charge in [0.15, 0.2) is 0 Å². The largest absolute Gasteiger partial charge is 0.462 e. The number of rotatable bonds is 8. The maximum atomic E-state index is 13.0. The van der Waals surface area contributed by atoms with Gasteiger partial charge in [0.05, 0.1) is 23.4 Å². The Kier molecular flexibility index (Phi) is 7.91. The molecule has 1 aliphatic heterocycles. The topological polar surface area (TPSA) is 102 Å². The second kappa shape index (κ2) is 11.3. The van der Waals surface area contributed by atoms with Crippen molar-refractivity contribution in [3.05, 3.63) is 99.7 Å². The normalized spacial score (nSPS) is 13.1. The van der Waals surface area contributed by atoms with Gasteiger partial charge < -0.3 is 14.8 Å². The van der Waals surface area contributed by atoms with Crippen molar-refractivity contribution in [3.8, 4) is 5.75 Å². The minimum absolute atomic E-state index is 0.116. The van der Waals surface area contributed by atoms with E-state index in [1.54, 1.807) is 36.4 Å². The van der Waals surface area contributed by atoms with Gasteiger partial charge in [-0.15, -0.1) is 0 Å². The summed E-state index contributed by atoms with van der Waals surface area (Å²) in [5.41, 5.74) is 1.12. The molecule has 0 unspecified atom stereocenters. The van der Waals surface area contributed by atoms with Crippen molar-refractivity contribution in [1.29, 1.82) is 0 Å². The molecule has 0 saturated carbocycles. The molecule has 0 radical (unpaired) electrons. The number of imide groups is 1. The molecule has 0 bridgehead atoms. The van der Waals surface area contributed by atoms with Crippen molar-refractivity contribution in [2.75, 3.05) is 16.8 Å². The lowest BCUT2D eigenvalue weighted by Crippen LogP contribution is -2.32. The Balaban J connectivity index is 1.43. The van der Waals surface area contributed by atoms with Crippen molar-refractivity contribution in [3.63, 3.8) is 0 Å². The van der Waals surface area contributed by atoms with Crippen molar-refractivity contribution >= 4 is 58.3 Å². The van der Waals surface area contributed by atoms with E-state index in [-0.39, 0.29) is 22.0 Å². The van der Waals surface area contributed by atoms with Gasteiger partial charge >= 0.3 is 11.9 Å². The quantitative estimate of drug-likeness (QED) is 0.227. The predicted molar refractivity (Wildman–Crippen MR) is 139 cm³/mol. The lowest BCUT2D eigenvalue weighted by atomic mass is 10.2. The number of carbonyl (C=O) groups excluding carboxylic acids is 4. The van der Waals surface area contributed by atoms with E-state index in [0.717, 1.165) is 4.90 Å². The summed E-state index contributed by atoms with van der Waals surface area (Å²) in [4.78, 5) is 51.0. The number of hydrogen-bond donors (Lipinski definition) is 1. The van der Waals surface area contributed by atoms with E-state index in [0.29, 0.717) is 35.1 Å². The van der Waals surface area contributed by atoms with Crippen LogP contribution < -0.4 is 15.0 Å². The number of anilines is 2. The highest BCUT2D eigenvalue weighted by molar-refractivity contribution is 6.53. The van der Waals surface area contributed by atoms with E-state index < -0.39 is 23.8 Å². The lowest BCUT2D eigenvalue weighted by molar-refractivity contribution is -0.120. The van der Waals surface area contributed by atoms with Crippen LogP contribution >= 0.6 is 23.2 Å². The van der Waals surface area contributed by atoms with Gasteiger partial charge in [-0.25, -0.2) is 14.5 Å². The van der Waals surface area contributed by atoms with E-state index in [9.17, 15) is 19.2 Å². The minimum atomic E-state index is -0.710. The summed E-state index contributed by atoms with van der Waals surface area (Å²) in [5.74, 6) is -2.10. The number of hydrogen-bond acceptors (Lipinski definition) is 7. The zero-order valence-corrected chi connectivity index (χ0v) is 21.0. The van der Waals surface area contributed by atoms with Crippen LogP contribution in [0, 0.1) is 0 Å². The second-order valence-electron chi connectivity index (χ2n) is 7.86. The summed E-state index contributed by atoms with van der Waals surface area (Å²) < 4.78 is 10.4. The van der Waals surface area contributed by atoms with Crippen LogP contribution in [0.1, 0.15) is 34.1 Å². The summed E-state index contributed by atoms with van der Waals surface area (Å²) in [6.07, 6.45) is 0.691. The minimum Gasteiger partial charge on any atom is -0.462 e. The monoisotopic (exact) mass is 538 g/mol. The molecule has 0 atom stereocenters. The Morgan fingerprint density at radius 1 is 0.811 bits per heavy atom. The second-order valence-corrected chi connectivity index (χ2v) is 8.68. The molecular weight excluding hydrogens is 519 g/mol. The molecule has 0 saturated heterocycles. The molecule has 0 fully saturated rings. The summed E-state index contributed by atoms with van der Waals surface area (Å²) in [6.45, 7) is 2.18. The highest BCUT2D eigenvalue weighted by Gasteiger charge is 2.39. The number of benzene rings is 3. The average molecular weight is 539 g/mol. The third-order valence-electron chi connectivity index (χ3n) is 5.24. The van der Waals surface area contributed by atoms with Crippen LogP contribution in [0.5, 0.6) is 5.75 Å². The zero-order chi connectivity index (χ0) is 26.5. The first-order valence-corrected chi connectivity index (χ1v) is 11.9. The Morgan fingerprint density at radius 2 is 1.41 bits per heavy atom. The van der Waals surface area contributed by atoms with Gasteiger partial charge in [0.2, 0.25) is 0 Å². The molecule has 3 aromatic carbocycles. The van der Waals surface area contributed by atoms with Crippen LogP contribution in [0.25, 0.3) is 0 Å². The Morgan fingerprint density at radius 3 is 2.03 bits per heavy atom. The van der Waals surface area contributed by atoms with Crippen molar-refractivity contribution in [1.82, 2.24) is 0 Å². The standard InChI is InChI=1S/C27H20Cl2N2O6/c1-2-15-36-26(34)16-5-11-20(12-6-16)31-24(32)22(29)23(25(31)33)30-19-9-3-17(4-10-19)27(35)37-21-13-7-18(28)8-14-21/h3-14,30H,2,15H2,1H3. The van der Waals surface area contributed by atoms with Gasteiger partial charge in [0.1, 0.15) is 16.5 Å². The summed E-state index contributed by atoms with van der Waals surface area (Å²) in [6, 6.07) is 18.3. The molecule has 4 rings (SSSR count). The van der Waals surface area contributed by atoms with Gasteiger partial charge in [0.25, 0.3) is 11.8 Å². The number of esters is 2. The van der Waals surface area contributed by atoms with Crippen molar-refractivity contribution < 1.29 is 28.7 Å². The number of nitrogens with one attached hydrogen (secondary N) is 1. The molecule has 37 heavy (non-hydrogen) atoms. The van der Waals surface area contributed by atoms with Crippen LogP contribution in [0.4, 0.5) is 11.4 Å². The first-order chi connectivity index (χ1) is 17.8. The maximum absolute atomic E-state index is 13.0. The third-order valence-corrected chi connectivity index (χ3v) is 5.84. The van der Waals surface area contributed by atoms with E-state index in [4.69, 9.17) is 32.7 Å². The smallest absolute Gasteiger partial charge is 0.343 e. The Bertz CT molecular complexity index is 1380. The van der Waals surface area contributed by atoms with E-state index in [1.165, 1.54) is 36.4 Å². The SMILES string of the molecule is CCCOC(=O)c1ccc(N2C(=O)C(Cl)=C(Nc3ccc(C(=O)Oc4ccc(Cl)cc4)cc3)C2=O)cc1. The van der Waals surface area contributed by atoms with Crippen molar-refractivity contribution in [2.45, 2.75) is 13.3 Å². The van der Waals surface area contributed by atoms with E-state index in [1.807, 2.05) is 6.92 Å². The molecule has 8 nitrogen and oxygen atoms in total. The number of carbonyl (C=O) groups is 4. The zero-order valence-electron chi connectivity index (χ0n) is 19.5. The van der Waals surface area contributed by atoms with Gasteiger partial charge in [-0.1, -0.05) is 30.1 Å². The maximum Gasteiger partial charge on any atom is 0.343 e. The molecule has 10 heteroatoms. The van der Waals surface area contributed by atoms with E-state index >= 15 is 0 Å². The number of nitrogens with zero attached hydrogens (tertiary/aromatic N) is 1. The molecule has 2 amide bonds. The molecule has 1 heterocycles. The van der Waals surface area contributed by atoms with Crippen LogP contribution in [-0.4, -0.2) is 30.4 Å². The summed E-state index contributed by atoms with van der Waals surface area (Å²) in [7, 11) is 0. The molecule has 3 aromatic rings. The molecule has 1 N–H and O–H groups in total. The van der Waals surface area contributed by atoms with Crippen LogP contribution in [-0.2, 0) is 14.3 Å². The predicted octanol–water partition coefficient (Wildman–Crippen LogP) is 5.56. The fourth-order valence-corrected chi connectivity index (χ4v) is 3.71. The first-order valence-electron chi connectivity index (χ1n) is 11.2. The van der Waals surface area contributed by atoms with Gasteiger partial charge in [-0.05, 0) is 79.2 Å². The van der Waals surface area contributed by atoms with Crippen LogP contribution in [0.15, 0.2) is 83.5 Å². The van der Waals surface area contributed by atoms with Crippen LogP contribution in [0.2, 0.25) is 5.02 Å². The Hall–Kier alpha value is -4.14. The average Bonchev–Trinajstić information content (AvgIpc) is 3.12. The number of amides is 2. The first kappa shape index (κ1) is 25.9. The Labute approximate surface area is 222 Å². The summed E-state index contributed by atoms with van der Waals surface area (Å²) in [5, 5.41) is 3.07. The van der Waals surface area contributed by atoms with Gasteiger partial charge in [-0.3, -0.25) is 9.59 Å². The highest BCUT2D eigenvalue weighted by atomic mass is 35.5. The number of ether oxygens (including phenoxy) is 2.